The van der Waals surface area contributed by atoms with Crippen LogP contribution in [0.4, 0.5) is 0 Å². The van der Waals surface area contributed by atoms with E-state index in [9.17, 15) is 4.79 Å². The summed E-state index contributed by atoms with van der Waals surface area (Å²) in [5.74, 6) is 1.41. The molecular formula is C26H26ClNO3. The molecule has 1 saturated carbocycles. The molecule has 160 valence electrons. The van der Waals surface area contributed by atoms with Crippen molar-refractivity contribution in [2.24, 2.45) is 0 Å². The molecule has 2 unspecified atom stereocenters. The van der Waals surface area contributed by atoms with Crippen molar-refractivity contribution in [1.82, 2.24) is 5.32 Å². The molecule has 1 N–H and O–H groups in total. The van der Waals surface area contributed by atoms with Crippen LogP contribution in [0.1, 0.15) is 55.7 Å². The third-order valence-corrected chi connectivity index (χ3v) is 7.03. The van der Waals surface area contributed by atoms with Crippen LogP contribution in [0.15, 0.2) is 54.6 Å². The molecule has 3 aromatic rings. The fraction of sp³-hybridized carbons (Fsp3) is 0.346. The molecule has 1 aliphatic carbocycles. The van der Waals surface area contributed by atoms with Gasteiger partial charge in [-0.05, 0) is 72.9 Å². The zero-order valence-electron chi connectivity index (χ0n) is 17.8. The molecule has 5 heteroatoms. The first-order valence-electron chi connectivity index (χ1n) is 10.8. The third kappa shape index (κ3) is 3.74. The van der Waals surface area contributed by atoms with Gasteiger partial charge in [-0.1, -0.05) is 35.9 Å². The Morgan fingerprint density at radius 2 is 1.90 bits per heavy atom. The summed E-state index contributed by atoms with van der Waals surface area (Å²) in [5, 5.41) is 6.13. The van der Waals surface area contributed by atoms with E-state index >= 15 is 0 Å². The Kier molecular flexibility index (Phi) is 5.05. The highest BCUT2D eigenvalue weighted by molar-refractivity contribution is 6.30. The number of halogens is 1. The van der Waals surface area contributed by atoms with E-state index in [0.29, 0.717) is 5.02 Å². The summed E-state index contributed by atoms with van der Waals surface area (Å²) in [5.41, 5.74) is 1.81. The molecule has 1 fully saturated rings. The molecule has 5 rings (SSSR count). The fourth-order valence-electron chi connectivity index (χ4n) is 4.73. The molecule has 3 aromatic carbocycles. The average Bonchev–Trinajstić information content (AvgIpc) is 2.76. The second-order valence-electron chi connectivity index (χ2n) is 8.78. The quantitative estimate of drug-likeness (QED) is 0.533. The van der Waals surface area contributed by atoms with Crippen molar-refractivity contribution in [3.05, 3.63) is 70.7 Å². The van der Waals surface area contributed by atoms with Crippen LogP contribution in [0, 0.1) is 0 Å². The maximum Gasteiger partial charge on any atom is 0.227 e. The monoisotopic (exact) mass is 435 g/mol. The third-order valence-electron chi connectivity index (χ3n) is 6.80. The van der Waals surface area contributed by atoms with Crippen molar-refractivity contribution in [3.63, 3.8) is 0 Å². The van der Waals surface area contributed by atoms with E-state index in [0.717, 1.165) is 52.7 Å². The lowest BCUT2D eigenvalue weighted by atomic mass is 9.73. The normalized spacial score (nSPS) is 19.8. The molecule has 1 spiro atoms. The molecule has 0 radical (unpaired) electrons. The van der Waals surface area contributed by atoms with Gasteiger partial charge in [0.15, 0.2) is 0 Å². The molecule has 1 aliphatic heterocycles. The van der Waals surface area contributed by atoms with Crippen LogP contribution in [0.3, 0.4) is 0 Å². The minimum Gasteiger partial charge on any atom is -0.497 e. The summed E-state index contributed by atoms with van der Waals surface area (Å²) in [6.07, 6.45) is 4.02. The molecule has 0 aromatic heterocycles. The first-order valence-corrected chi connectivity index (χ1v) is 11.2. The summed E-state index contributed by atoms with van der Waals surface area (Å²) in [7, 11) is 1.66. The molecule has 1 amide bonds. The van der Waals surface area contributed by atoms with Crippen molar-refractivity contribution in [2.75, 3.05) is 7.11 Å². The van der Waals surface area contributed by atoms with Crippen molar-refractivity contribution in [2.45, 2.75) is 50.2 Å². The van der Waals surface area contributed by atoms with E-state index in [2.05, 4.69) is 11.4 Å². The highest BCUT2D eigenvalue weighted by atomic mass is 35.5. The Morgan fingerprint density at radius 1 is 1.13 bits per heavy atom. The van der Waals surface area contributed by atoms with E-state index < -0.39 is 0 Å². The van der Waals surface area contributed by atoms with Crippen LogP contribution in [0.25, 0.3) is 10.8 Å². The number of carbonyl (C=O) groups excluding carboxylic acids is 1. The number of hydrogen-bond donors (Lipinski definition) is 1. The number of nitrogens with one attached hydrogen (secondary N) is 1. The molecule has 2 atom stereocenters. The van der Waals surface area contributed by atoms with Gasteiger partial charge >= 0.3 is 0 Å². The molecule has 4 nitrogen and oxygen atoms in total. The minimum atomic E-state index is -0.269. The Labute approximate surface area is 187 Å². The van der Waals surface area contributed by atoms with Crippen LogP contribution in [0.5, 0.6) is 11.5 Å². The second kappa shape index (κ2) is 7.76. The van der Waals surface area contributed by atoms with Crippen LogP contribution in [0.2, 0.25) is 5.02 Å². The van der Waals surface area contributed by atoms with E-state index in [-0.39, 0.29) is 23.5 Å². The predicted molar refractivity (Wildman–Crippen MR) is 123 cm³/mol. The smallest absolute Gasteiger partial charge is 0.227 e. The van der Waals surface area contributed by atoms with E-state index in [1.165, 1.54) is 6.42 Å². The number of fused-ring (bicyclic) bond motifs is 2. The molecule has 2 aliphatic rings. The first-order chi connectivity index (χ1) is 15.0. The first kappa shape index (κ1) is 20.2. The van der Waals surface area contributed by atoms with Crippen molar-refractivity contribution in [1.29, 1.82) is 0 Å². The Morgan fingerprint density at radius 3 is 2.65 bits per heavy atom. The van der Waals surface area contributed by atoms with Gasteiger partial charge in [0, 0.05) is 17.0 Å². The van der Waals surface area contributed by atoms with E-state index in [1.54, 1.807) is 7.11 Å². The lowest BCUT2D eigenvalue weighted by molar-refractivity contribution is -0.124. The van der Waals surface area contributed by atoms with Crippen molar-refractivity contribution < 1.29 is 14.3 Å². The van der Waals surface area contributed by atoms with Crippen molar-refractivity contribution in [3.8, 4) is 11.5 Å². The topological polar surface area (TPSA) is 47.6 Å². The number of methoxy groups -OCH3 is 1. The number of carbonyl (C=O) groups is 1. The predicted octanol–water partition coefficient (Wildman–Crippen LogP) is 6.17. The summed E-state index contributed by atoms with van der Waals surface area (Å²) in [6.45, 7) is 1.96. The maximum atomic E-state index is 13.3. The van der Waals surface area contributed by atoms with Gasteiger partial charge in [-0.2, -0.15) is 0 Å². The zero-order chi connectivity index (χ0) is 21.6. The second-order valence-corrected chi connectivity index (χ2v) is 9.22. The molecule has 1 heterocycles. The fourth-order valence-corrected chi connectivity index (χ4v) is 4.91. The number of amides is 1. The number of hydrogen-bond acceptors (Lipinski definition) is 3. The van der Waals surface area contributed by atoms with Crippen LogP contribution < -0.4 is 14.8 Å². The average molecular weight is 436 g/mol. The van der Waals surface area contributed by atoms with Crippen LogP contribution in [-0.4, -0.2) is 18.6 Å². The lowest BCUT2D eigenvalue weighted by Gasteiger charge is -2.48. The Bertz CT molecular complexity index is 1150. The highest BCUT2D eigenvalue weighted by Crippen LogP contribution is 2.49. The van der Waals surface area contributed by atoms with E-state index in [4.69, 9.17) is 21.1 Å². The number of rotatable bonds is 4. The van der Waals surface area contributed by atoms with E-state index in [1.807, 2.05) is 55.5 Å². The van der Waals surface area contributed by atoms with Gasteiger partial charge in [0.2, 0.25) is 5.91 Å². The summed E-state index contributed by atoms with van der Waals surface area (Å²) >= 11 is 6.26. The largest absolute Gasteiger partial charge is 0.497 e. The van der Waals surface area contributed by atoms with Gasteiger partial charge in [0.05, 0.1) is 19.1 Å². The molecular weight excluding hydrogens is 410 g/mol. The van der Waals surface area contributed by atoms with Crippen molar-refractivity contribution >= 4 is 28.3 Å². The van der Waals surface area contributed by atoms with Gasteiger partial charge < -0.3 is 14.8 Å². The SMILES string of the molecule is COc1ccc2cc(C(C)C(=O)NC3CC4(CCC4)Oc4ccc(Cl)cc43)ccc2c1. The molecule has 0 bridgehead atoms. The molecule has 0 saturated heterocycles. The van der Waals surface area contributed by atoms with Crippen LogP contribution >= 0.6 is 11.6 Å². The van der Waals surface area contributed by atoms with Gasteiger partial charge in [0.1, 0.15) is 17.1 Å². The maximum absolute atomic E-state index is 13.3. The van der Waals surface area contributed by atoms with Gasteiger partial charge in [-0.15, -0.1) is 0 Å². The lowest BCUT2D eigenvalue weighted by Crippen LogP contribution is -2.50. The minimum absolute atomic E-state index is 0.0140. The van der Waals surface area contributed by atoms with Gasteiger partial charge in [0.25, 0.3) is 0 Å². The highest BCUT2D eigenvalue weighted by Gasteiger charge is 2.46. The Balaban J connectivity index is 1.39. The number of ether oxygens (including phenoxy) is 2. The summed E-state index contributed by atoms with van der Waals surface area (Å²) in [6, 6.07) is 17.7. The van der Waals surface area contributed by atoms with Gasteiger partial charge in [-0.25, -0.2) is 0 Å². The number of benzene rings is 3. The van der Waals surface area contributed by atoms with Gasteiger partial charge in [-0.3, -0.25) is 4.79 Å². The summed E-state index contributed by atoms with van der Waals surface area (Å²) in [4.78, 5) is 13.3. The molecule has 31 heavy (non-hydrogen) atoms. The van der Waals surface area contributed by atoms with Crippen LogP contribution in [-0.2, 0) is 4.79 Å². The zero-order valence-corrected chi connectivity index (χ0v) is 18.5. The Hall–Kier alpha value is -2.72. The summed E-state index contributed by atoms with van der Waals surface area (Å²) < 4.78 is 11.6. The standard InChI is InChI=1S/C26H26ClNO3/c1-16(17-4-5-19-13-21(30-2)8-6-18(19)12-17)25(29)28-23-15-26(10-3-11-26)31-24-9-7-20(27)14-22(23)24/h4-9,12-14,16,23H,3,10-11,15H2,1-2H3,(H,28,29).